The van der Waals surface area contributed by atoms with E-state index in [9.17, 15) is 19.2 Å². The van der Waals surface area contributed by atoms with E-state index in [1.54, 1.807) is 9.80 Å². The van der Waals surface area contributed by atoms with E-state index >= 15 is 0 Å². The number of carbonyl (C=O) groups excluding carboxylic acids is 4. The molecule has 4 saturated heterocycles. The summed E-state index contributed by atoms with van der Waals surface area (Å²) in [6.07, 6.45) is 4.15. The number of hydrogen-bond donors (Lipinski definition) is 4. The molecule has 6 aliphatic rings. The molecule has 0 saturated carbocycles. The standard InChI is InChI=1S/C37H36N6O4/c1-2-3-15-26-32(46)42-28(30(44)38-26)19-36(22-13-7-9-16-24(22)40-34(36)42)37-20-29-31(45)39-27(18-21-11-5-4-6-12-21)33(47)43(29)35(37)41-25-17-10-8-14-23(25)37/h2-14,16-17,26-29,34-35,40-41H,15,18-20H2,1H3,(H,38,44)(H,39,45). The van der Waals surface area contributed by atoms with Gasteiger partial charge in [-0.1, -0.05) is 78.9 Å². The highest BCUT2D eigenvalue weighted by Crippen LogP contribution is 2.68. The third-order valence-electron chi connectivity index (χ3n) is 11.6. The zero-order valence-corrected chi connectivity index (χ0v) is 26.0. The number of nitrogens with one attached hydrogen (secondary N) is 4. The summed E-state index contributed by atoms with van der Waals surface area (Å²) in [5.41, 5.74) is 3.09. The molecule has 10 nitrogen and oxygen atoms in total. The molecule has 0 aromatic heterocycles. The van der Waals surface area contributed by atoms with Gasteiger partial charge in [0, 0.05) is 17.8 Å². The molecule has 3 aromatic carbocycles. The first-order valence-corrected chi connectivity index (χ1v) is 16.5. The third kappa shape index (κ3) is 3.55. The quantitative estimate of drug-likeness (QED) is 0.323. The molecule has 4 amide bonds. The lowest BCUT2D eigenvalue weighted by atomic mass is 9.54. The minimum absolute atomic E-state index is 0.125. The monoisotopic (exact) mass is 628 g/mol. The number of fused-ring (bicyclic) bond motifs is 11. The van der Waals surface area contributed by atoms with Crippen LogP contribution >= 0.6 is 0 Å². The number of amides is 4. The summed E-state index contributed by atoms with van der Waals surface area (Å²) in [4.78, 5) is 60.4. The average Bonchev–Trinajstić information content (AvgIpc) is 3.79. The molecule has 6 aliphatic heterocycles. The maximum atomic E-state index is 14.6. The largest absolute Gasteiger partial charge is 0.364 e. The zero-order valence-electron chi connectivity index (χ0n) is 26.0. The Hall–Kier alpha value is -5.12. The summed E-state index contributed by atoms with van der Waals surface area (Å²) >= 11 is 0. The summed E-state index contributed by atoms with van der Waals surface area (Å²) < 4.78 is 0. The van der Waals surface area contributed by atoms with E-state index < -0.39 is 47.3 Å². The minimum atomic E-state index is -0.843. The van der Waals surface area contributed by atoms with Gasteiger partial charge in [0.05, 0.1) is 10.8 Å². The van der Waals surface area contributed by atoms with Crippen LogP contribution in [0.3, 0.4) is 0 Å². The molecule has 0 spiro atoms. The number of anilines is 2. The van der Waals surface area contributed by atoms with Crippen LogP contribution < -0.4 is 21.3 Å². The lowest BCUT2D eigenvalue weighted by Crippen LogP contribution is -2.66. The molecule has 4 fully saturated rings. The molecule has 4 N–H and O–H groups in total. The van der Waals surface area contributed by atoms with Crippen LogP contribution in [-0.4, -0.2) is 69.9 Å². The Bertz CT molecular complexity index is 1880. The van der Waals surface area contributed by atoms with Gasteiger partial charge in [0.1, 0.15) is 36.5 Å². The summed E-state index contributed by atoms with van der Waals surface area (Å²) in [6.45, 7) is 1.90. The van der Waals surface area contributed by atoms with E-state index in [0.29, 0.717) is 25.7 Å². The Morgan fingerprint density at radius 3 is 1.70 bits per heavy atom. The van der Waals surface area contributed by atoms with Gasteiger partial charge in [-0.2, -0.15) is 0 Å². The van der Waals surface area contributed by atoms with Crippen molar-refractivity contribution in [3.63, 3.8) is 0 Å². The van der Waals surface area contributed by atoms with Crippen molar-refractivity contribution < 1.29 is 19.2 Å². The number of nitrogens with zero attached hydrogens (tertiary/aromatic N) is 2. The van der Waals surface area contributed by atoms with Crippen molar-refractivity contribution in [1.29, 1.82) is 0 Å². The van der Waals surface area contributed by atoms with Crippen LogP contribution in [-0.2, 0) is 36.4 Å². The van der Waals surface area contributed by atoms with Crippen LogP contribution in [0.15, 0.2) is 91.0 Å². The van der Waals surface area contributed by atoms with E-state index in [1.807, 2.05) is 85.8 Å². The van der Waals surface area contributed by atoms with Crippen LogP contribution in [0.4, 0.5) is 11.4 Å². The number of piperazine rings is 2. The molecule has 3 aromatic rings. The SMILES string of the molecule is CC=CCC1NC(=O)C2CC3(C45CC6C(=O)NC(Cc7ccccc7)C(=O)N6C4Nc4ccccc45)c4ccccc4NC3N2C1=O. The molecule has 9 rings (SSSR count). The predicted octanol–water partition coefficient (Wildman–Crippen LogP) is 2.77. The Balaban J connectivity index is 1.22. The van der Waals surface area contributed by atoms with E-state index in [0.717, 1.165) is 28.1 Å². The first-order chi connectivity index (χ1) is 22.9. The first kappa shape index (κ1) is 28.1. The number of rotatable bonds is 5. The van der Waals surface area contributed by atoms with Gasteiger partial charge in [0.2, 0.25) is 23.6 Å². The highest BCUT2D eigenvalue weighted by atomic mass is 16.2. The van der Waals surface area contributed by atoms with Gasteiger partial charge in [-0.3, -0.25) is 19.2 Å². The highest BCUT2D eigenvalue weighted by Gasteiger charge is 2.78. The second kappa shape index (κ2) is 9.94. The van der Waals surface area contributed by atoms with Crippen LogP contribution in [0.2, 0.25) is 0 Å². The predicted molar refractivity (Wildman–Crippen MR) is 175 cm³/mol. The number of allylic oxidation sites excluding steroid dienone is 1. The van der Waals surface area contributed by atoms with Crippen molar-refractivity contribution in [2.24, 2.45) is 0 Å². The van der Waals surface area contributed by atoms with Crippen LogP contribution in [0.25, 0.3) is 0 Å². The molecular weight excluding hydrogens is 592 g/mol. The molecule has 238 valence electrons. The normalized spacial score (nSPS) is 34.5. The van der Waals surface area contributed by atoms with Gasteiger partial charge in [-0.05, 0) is 55.0 Å². The minimum Gasteiger partial charge on any atom is -0.364 e. The van der Waals surface area contributed by atoms with Crippen molar-refractivity contribution in [3.8, 4) is 0 Å². The number of hydrogen-bond acceptors (Lipinski definition) is 6. The fourth-order valence-electron chi connectivity index (χ4n) is 9.83. The second-order valence-electron chi connectivity index (χ2n) is 13.7. The van der Waals surface area contributed by atoms with Gasteiger partial charge in [-0.15, -0.1) is 0 Å². The van der Waals surface area contributed by atoms with Crippen molar-refractivity contribution in [3.05, 3.63) is 108 Å². The molecular formula is C37H36N6O4. The highest BCUT2D eigenvalue weighted by molar-refractivity contribution is 6.01. The topological polar surface area (TPSA) is 123 Å². The van der Waals surface area contributed by atoms with E-state index in [1.165, 1.54) is 0 Å². The molecule has 6 heterocycles. The van der Waals surface area contributed by atoms with Crippen LogP contribution in [0, 0.1) is 0 Å². The van der Waals surface area contributed by atoms with E-state index in [-0.39, 0.29) is 23.6 Å². The van der Waals surface area contributed by atoms with Gasteiger partial charge in [0.15, 0.2) is 0 Å². The summed E-state index contributed by atoms with van der Waals surface area (Å²) in [7, 11) is 0. The molecule has 0 radical (unpaired) electrons. The van der Waals surface area contributed by atoms with Crippen molar-refractivity contribution in [1.82, 2.24) is 20.4 Å². The molecule has 8 atom stereocenters. The van der Waals surface area contributed by atoms with Gasteiger partial charge in [-0.25, -0.2) is 0 Å². The van der Waals surface area contributed by atoms with Crippen molar-refractivity contribution >= 4 is 35.0 Å². The molecule has 0 bridgehead atoms. The number of para-hydroxylation sites is 2. The maximum absolute atomic E-state index is 14.6. The Labute approximate surface area is 272 Å². The Morgan fingerprint density at radius 1 is 0.660 bits per heavy atom. The Morgan fingerprint density at radius 2 is 1.15 bits per heavy atom. The van der Waals surface area contributed by atoms with Crippen LogP contribution in [0.1, 0.15) is 42.9 Å². The summed E-state index contributed by atoms with van der Waals surface area (Å²) in [6, 6.07) is 23.1. The fraction of sp³-hybridized carbons (Fsp3) is 0.351. The summed E-state index contributed by atoms with van der Waals surface area (Å²) in [5.74, 6) is -0.609. The van der Waals surface area contributed by atoms with Crippen molar-refractivity contribution in [2.75, 3.05) is 10.6 Å². The van der Waals surface area contributed by atoms with Crippen molar-refractivity contribution in [2.45, 2.75) is 79.9 Å². The lowest BCUT2D eigenvalue weighted by molar-refractivity contribution is -0.149. The van der Waals surface area contributed by atoms with Crippen LogP contribution in [0.5, 0.6) is 0 Å². The average molecular weight is 629 g/mol. The number of benzene rings is 3. The lowest BCUT2D eigenvalue weighted by Gasteiger charge is -2.48. The molecule has 8 unspecified atom stereocenters. The van der Waals surface area contributed by atoms with Gasteiger partial charge < -0.3 is 31.1 Å². The molecule has 10 heteroatoms. The zero-order chi connectivity index (χ0) is 32.1. The smallest absolute Gasteiger partial charge is 0.247 e. The second-order valence-corrected chi connectivity index (χ2v) is 13.7. The Kier molecular flexibility index (Phi) is 5.95. The molecule has 47 heavy (non-hydrogen) atoms. The molecule has 0 aliphatic carbocycles. The first-order valence-electron chi connectivity index (χ1n) is 16.5. The van der Waals surface area contributed by atoms with E-state index in [2.05, 4.69) is 33.4 Å². The van der Waals surface area contributed by atoms with E-state index in [4.69, 9.17) is 0 Å². The maximum Gasteiger partial charge on any atom is 0.247 e. The fourth-order valence-corrected chi connectivity index (χ4v) is 9.83. The summed E-state index contributed by atoms with van der Waals surface area (Å²) in [5, 5.41) is 13.5. The van der Waals surface area contributed by atoms with Gasteiger partial charge >= 0.3 is 0 Å². The third-order valence-corrected chi connectivity index (χ3v) is 11.6. The van der Waals surface area contributed by atoms with Gasteiger partial charge in [0.25, 0.3) is 0 Å². The number of carbonyl (C=O) groups is 4.